The lowest BCUT2D eigenvalue weighted by molar-refractivity contribution is 0.407. The number of benzene rings is 2. The lowest BCUT2D eigenvalue weighted by atomic mass is 10.0. The Morgan fingerprint density at radius 3 is 2.65 bits per heavy atom. The van der Waals surface area contributed by atoms with Gasteiger partial charge in [-0.3, -0.25) is 0 Å². The van der Waals surface area contributed by atoms with Crippen LogP contribution in [0.25, 0.3) is 11.3 Å². The number of halogens is 1. The number of rotatable bonds is 7. The van der Waals surface area contributed by atoms with Gasteiger partial charge in [0.25, 0.3) is 0 Å². The lowest BCUT2D eigenvalue weighted by Gasteiger charge is -2.34. The Morgan fingerprint density at radius 1 is 1.03 bits per heavy atom. The predicted octanol–water partition coefficient (Wildman–Crippen LogP) is 4.68. The van der Waals surface area contributed by atoms with E-state index in [4.69, 9.17) is 9.47 Å². The summed E-state index contributed by atoms with van der Waals surface area (Å²) in [6.45, 7) is 2.71. The summed E-state index contributed by atoms with van der Waals surface area (Å²) in [4.78, 5) is 2.31. The molecule has 0 radical (unpaired) electrons. The molecule has 3 aromatic rings. The monoisotopic (exact) mass is 482 g/mol. The molecule has 1 aromatic heterocycles. The number of aromatic nitrogens is 2. The Balaban J connectivity index is 1.39. The first-order valence-electron chi connectivity index (χ1n) is 10.5. The summed E-state index contributed by atoms with van der Waals surface area (Å²) >= 11 is 3.51. The van der Waals surface area contributed by atoms with Crippen molar-refractivity contribution in [2.24, 2.45) is 0 Å². The van der Waals surface area contributed by atoms with E-state index in [1.807, 2.05) is 36.4 Å². The van der Waals surface area contributed by atoms with Gasteiger partial charge in [-0.15, -0.1) is 10.2 Å². The van der Waals surface area contributed by atoms with E-state index in [1.54, 1.807) is 14.2 Å². The van der Waals surface area contributed by atoms with Crippen molar-refractivity contribution in [3.63, 3.8) is 0 Å². The van der Waals surface area contributed by atoms with Gasteiger partial charge in [-0.2, -0.15) is 0 Å². The number of methoxy groups -OCH3 is 2. The molecule has 2 aromatic carbocycles. The number of anilines is 1. The molecule has 4 rings (SSSR count). The van der Waals surface area contributed by atoms with Crippen molar-refractivity contribution in [2.75, 3.05) is 32.2 Å². The van der Waals surface area contributed by atoms with Crippen LogP contribution in [0, 0.1) is 0 Å². The number of nitrogens with one attached hydrogen (secondary N) is 1. The standard InChI is InChI=1S/C24H27BrN4O2/c1-30-22-8-4-3-7-19(22)21-11-12-24(28-27-21)29-13-5-6-18(16-29)26-15-17-9-10-20(25)23(14-17)31-2/h3-4,7-12,14,18,26H,5-6,13,15-16H2,1-2H3. The van der Waals surface area contributed by atoms with Gasteiger partial charge in [-0.25, -0.2) is 0 Å². The van der Waals surface area contributed by atoms with Crippen LogP contribution in [0.2, 0.25) is 0 Å². The molecule has 0 bridgehead atoms. The van der Waals surface area contributed by atoms with Crippen molar-refractivity contribution in [1.29, 1.82) is 0 Å². The van der Waals surface area contributed by atoms with Crippen LogP contribution in [0.1, 0.15) is 18.4 Å². The Morgan fingerprint density at radius 2 is 1.87 bits per heavy atom. The molecule has 1 saturated heterocycles. The first kappa shape index (κ1) is 21.6. The minimum atomic E-state index is 0.402. The third-order valence-electron chi connectivity index (χ3n) is 5.59. The molecule has 1 unspecified atom stereocenters. The van der Waals surface area contributed by atoms with Crippen LogP contribution >= 0.6 is 15.9 Å². The van der Waals surface area contributed by atoms with Gasteiger partial charge in [0.05, 0.1) is 24.4 Å². The van der Waals surface area contributed by atoms with Crippen molar-refractivity contribution >= 4 is 21.7 Å². The van der Waals surface area contributed by atoms with Crippen molar-refractivity contribution in [3.05, 3.63) is 64.6 Å². The molecule has 162 valence electrons. The van der Waals surface area contributed by atoms with E-state index in [-0.39, 0.29) is 0 Å². The van der Waals surface area contributed by atoms with E-state index in [2.05, 4.69) is 54.5 Å². The maximum Gasteiger partial charge on any atom is 0.151 e. The van der Waals surface area contributed by atoms with Crippen LogP contribution in [0.4, 0.5) is 5.82 Å². The number of ether oxygens (including phenoxy) is 2. The molecule has 0 amide bonds. The number of para-hydroxylation sites is 1. The van der Waals surface area contributed by atoms with Crippen LogP contribution in [0.15, 0.2) is 59.1 Å². The highest BCUT2D eigenvalue weighted by atomic mass is 79.9. The van der Waals surface area contributed by atoms with Crippen LogP contribution < -0.4 is 19.7 Å². The molecule has 2 heterocycles. The average molecular weight is 483 g/mol. The highest BCUT2D eigenvalue weighted by Gasteiger charge is 2.21. The third kappa shape index (κ3) is 5.17. The second-order valence-electron chi connectivity index (χ2n) is 7.61. The van der Waals surface area contributed by atoms with Crippen LogP contribution in [-0.2, 0) is 6.54 Å². The normalized spacial score (nSPS) is 16.2. The molecule has 6 nitrogen and oxygen atoms in total. The summed E-state index contributed by atoms with van der Waals surface area (Å²) in [7, 11) is 3.36. The highest BCUT2D eigenvalue weighted by molar-refractivity contribution is 9.10. The number of hydrogen-bond acceptors (Lipinski definition) is 6. The molecule has 1 aliphatic heterocycles. The number of nitrogens with zero attached hydrogens (tertiary/aromatic N) is 3. The van der Waals surface area contributed by atoms with Gasteiger partial charge >= 0.3 is 0 Å². The smallest absolute Gasteiger partial charge is 0.151 e. The molecule has 7 heteroatoms. The van der Waals surface area contributed by atoms with Gasteiger partial charge in [0.1, 0.15) is 11.5 Å². The topological polar surface area (TPSA) is 59.5 Å². The maximum atomic E-state index is 5.45. The SMILES string of the molecule is COc1cc(CNC2CCCN(c3ccc(-c4ccccc4OC)nn3)C2)ccc1Br. The molecule has 0 spiro atoms. The van der Waals surface area contributed by atoms with E-state index >= 15 is 0 Å². The lowest BCUT2D eigenvalue weighted by Crippen LogP contribution is -2.45. The second kappa shape index (κ2) is 10.1. The molecule has 1 fully saturated rings. The summed E-state index contributed by atoms with van der Waals surface area (Å²) < 4.78 is 11.8. The van der Waals surface area contributed by atoms with Crippen molar-refractivity contribution in [2.45, 2.75) is 25.4 Å². The second-order valence-corrected chi connectivity index (χ2v) is 8.47. The molecular formula is C24H27BrN4O2. The molecule has 0 saturated carbocycles. The summed E-state index contributed by atoms with van der Waals surface area (Å²) in [6.07, 6.45) is 2.27. The van der Waals surface area contributed by atoms with Gasteiger partial charge in [-0.1, -0.05) is 18.2 Å². The zero-order chi connectivity index (χ0) is 21.6. The third-order valence-corrected chi connectivity index (χ3v) is 6.24. The van der Waals surface area contributed by atoms with Crippen LogP contribution in [0.5, 0.6) is 11.5 Å². The molecule has 31 heavy (non-hydrogen) atoms. The largest absolute Gasteiger partial charge is 0.496 e. The highest BCUT2D eigenvalue weighted by Crippen LogP contribution is 2.29. The minimum absolute atomic E-state index is 0.402. The molecule has 1 aliphatic rings. The number of hydrogen-bond donors (Lipinski definition) is 1. The first-order chi connectivity index (χ1) is 15.2. The fraction of sp³-hybridized carbons (Fsp3) is 0.333. The van der Waals surface area contributed by atoms with Gasteiger partial charge in [0, 0.05) is 31.2 Å². The fourth-order valence-electron chi connectivity index (χ4n) is 3.92. The van der Waals surface area contributed by atoms with Crippen molar-refractivity contribution in [3.8, 4) is 22.8 Å². The minimum Gasteiger partial charge on any atom is -0.496 e. The van der Waals surface area contributed by atoms with Gasteiger partial charge in [0.2, 0.25) is 0 Å². The Bertz CT molecular complexity index is 1010. The Kier molecular flexibility index (Phi) is 7.04. The number of piperidine rings is 1. The van der Waals surface area contributed by atoms with E-state index in [0.29, 0.717) is 6.04 Å². The van der Waals surface area contributed by atoms with Gasteiger partial charge < -0.3 is 19.7 Å². The van der Waals surface area contributed by atoms with Crippen molar-refractivity contribution in [1.82, 2.24) is 15.5 Å². The zero-order valence-electron chi connectivity index (χ0n) is 17.8. The summed E-state index contributed by atoms with van der Waals surface area (Å²) in [5.74, 6) is 2.57. The van der Waals surface area contributed by atoms with Crippen LogP contribution in [-0.4, -0.2) is 43.5 Å². The van der Waals surface area contributed by atoms with E-state index in [0.717, 1.165) is 65.5 Å². The molecular weight excluding hydrogens is 456 g/mol. The first-order valence-corrected chi connectivity index (χ1v) is 11.2. The van der Waals surface area contributed by atoms with Gasteiger partial charge in [-0.05, 0) is 70.7 Å². The summed E-state index contributed by atoms with van der Waals surface area (Å²) in [6, 6.07) is 18.6. The summed E-state index contributed by atoms with van der Waals surface area (Å²) in [5.41, 5.74) is 2.97. The molecule has 0 aliphatic carbocycles. The predicted molar refractivity (Wildman–Crippen MR) is 127 cm³/mol. The van der Waals surface area contributed by atoms with E-state index in [9.17, 15) is 0 Å². The molecule has 1 atom stereocenters. The Labute approximate surface area is 191 Å². The molecule has 1 N–H and O–H groups in total. The van der Waals surface area contributed by atoms with E-state index in [1.165, 1.54) is 5.56 Å². The van der Waals surface area contributed by atoms with Gasteiger partial charge in [0.15, 0.2) is 5.82 Å². The zero-order valence-corrected chi connectivity index (χ0v) is 19.4. The van der Waals surface area contributed by atoms with Crippen molar-refractivity contribution < 1.29 is 9.47 Å². The summed E-state index contributed by atoms with van der Waals surface area (Å²) in [5, 5.41) is 12.7. The van der Waals surface area contributed by atoms with Crippen LogP contribution in [0.3, 0.4) is 0 Å². The quantitative estimate of drug-likeness (QED) is 0.527. The Hall–Kier alpha value is -2.64. The van der Waals surface area contributed by atoms with E-state index < -0.39 is 0 Å². The fourth-order valence-corrected chi connectivity index (χ4v) is 4.33. The maximum absolute atomic E-state index is 5.45. The average Bonchev–Trinajstić information content (AvgIpc) is 2.84.